The van der Waals surface area contributed by atoms with Crippen LogP contribution in [0.5, 0.6) is 0 Å². The Bertz CT molecular complexity index is 177. The van der Waals surface area contributed by atoms with Gasteiger partial charge in [0.15, 0.2) is 5.79 Å². The highest BCUT2D eigenvalue weighted by Crippen LogP contribution is 2.45. The van der Waals surface area contributed by atoms with Crippen molar-refractivity contribution in [1.82, 2.24) is 0 Å². The minimum absolute atomic E-state index is 0.108. The Balaban J connectivity index is 4.23. The third kappa shape index (κ3) is 4.85. The molecule has 0 heterocycles. The molecule has 0 saturated heterocycles. The van der Waals surface area contributed by atoms with E-state index in [9.17, 15) is 9.67 Å². The van der Waals surface area contributed by atoms with Crippen LogP contribution in [0.3, 0.4) is 0 Å². The second-order valence-corrected chi connectivity index (χ2v) is 3.96. The molecule has 3 N–H and O–H groups in total. The monoisotopic (exact) mass is 197 g/mol. The maximum Gasteiger partial charge on any atom is 0.331 e. The van der Waals surface area contributed by atoms with Crippen molar-refractivity contribution in [2.75, 3.05) is 6.61 Å². The van der Waals surface area contributed by atoms with E-state index >= 15 is 0 Å². The summed E-state index contributed by atoms with van der Waals surface area (Å²) in [5.74, 6) is -1.75. The Labute approximate surface area is 71.5 Å². The molecule has 5 nitrogen and oxygen atoms in total. The SMILES string of the molecule is [CH2]P(=O)(O)OC(O)(CC)CCO. The van der Waals surface area contributed by atoms with E-state index in [1.807, 2.05) is 0 Å². The van der Waals surface area contributed by atoms with Crippen molar-refractivity contribution in [3.63, 3.8) is 0 Å². The van der Waals surface area contributed by atoms with E-state index in [4.69, 9.17) is 10.00 Å². The minimum atomic E-state index is -3.94. The van der Waals surface area contributed by atoms with Crippen LogP contribution < -0.4 is 0 Å². The number of hydrogen-bond acceptors (Lipinski definition) is 4. The molecule has 0 saturated carbocycles. The Hall–Kier alpha value is 0.0700. The molecule has 0 aromatic rings. The summed E-state index contributed by atoms with van der Waals surface area (Å²) >= 11 is 0. The Kier molecular flexibility index (Phi) is 4.37. The highest BCUT2D eigenvalue weighted by atomic mass is 31.2. The summed E-state index contributed by atoms with van der Waals surface area (Å²) in [5, 5.41) is 17.9. The van der Waals surface area contributed by atoms with Gasteiger partial charge in [-0.3, -0.25) is 9.09 Å². The Morgan fingerprint density at radius 2 is 2.17 bits per heavy atom. The largest absolute Gasteiger partial charge is 0.396 e. The fourth-order valence-corrected chi connectivity index (χ4v) is 1.48. The Morgan fingerprint density at radius 1 is 1.67 bits per heavy atom. The normalized spacial score (nSPS) is 21.4. The van der Waals surface area contributed by atoms with Crippen LogP contribution in [0.4, 0.5) is 0 Å². The first-order chi connectivity index (χ1) is 5.33. The van der Waals surface area contributed by atoms with Crippen LogP contribution in [-0.2, 0) is 9.09 Å². The van der Waals surface area contributed by atoms with Crippen LogP contribution in [0, 0.1) is 6.66 Å². The first-order valence-corrected chi connectivity index (χ1v) is 5.30. The lowest BCUT2D eigenvalue weighted by Crippen LogP contribution is -2.31. The zero-order valence-electron chi connectivity index (χ0n) is 6.93. The van der Waals surface area contributed by atoms with E-state index in [1.54, 1.807) is 6.92 Å². The van der Waals surface area contributed by atoms with Gasteiger partial charge in [-0.1, -0.05) is 6.92 Å². The van der Waals surface area contributed by atoms with Gasteiger partial charge < -0.3 is 15.1 Å². The molecule has 0 rings (SSSR count). The topological polar surface area (TPSA) is 87.0 Å². The van der Waals surface area contributed by atoms with Crippen molar-refractivity contribution >= 4 is 7.60 Å². The average molecular weight is 197 g/mol. The summed E-state index contributed by atoms with van der Waals surface area (Å²) < 4.78 is 15.1. The molecule has 0 bridgehead atoms. The number of aliphatic hydroxyl groups excluding tert-OH is 1. The van der Waals surface area contributed by atoms with Crippen LogP contribution in [0.1, 0.15) is 19.8 Å². The van der Waals surface area contributed by atoms with Crippen LogP contribution >= 0.6 is 7.60 Å². The van der Waals surface area contributed by atoms with Gasteiger partial charge in [-0.05, 0) is 6.42 Å². The van der Waals surface area contributed by atoms with Gasteiger partial charge in [0.2, 0.25) is 0 Å². The smallest absolute Gasteiger partial charge is 0.331 e. The molecule has 73 valence electrons. The van der Waals surface area contributed by atoms with Crippen LogP contribution in [0.2, 0.25) is 0 Å². The average Bonchev–Trinajstić information content (AvgIpc) is 1.84. The molecule has 2 atom stereocenters. The lowest BCUT2D eigenvalue weighted by atomic mass is 10.1. The van der Waals surface area contributed by atoms with Gasteiger partial charge in [-0.15, -0.1) is 0 Å². The van der Waals surface area contributed by atoms with Gasteiger partial charge in [0.05, 0.1) is 6.66 Å². The molecule has 0 aliphatic rings. The molecule has 2 unspecified atom stereocenters. The predicted octanol–water partition coefficient (Wildman–Crippen LogP) is 0.461. The molecule has 1 radical (unpaired) electrons. The summed E-state index contributed by atoms with van der Waals surface area (Å²) in [7, 11) is -3.94. The maximum atomic E-state index is 10.6. The molecule has 6 heteroatoms. The quantitative estimate of drug-likeness (QED) is 0.440. The van der Waals surface area contributed by atoms with Crippen molar-refractivity contribution < 1.29 is 24.2 Å². The summed E-state index contributed by atoms with van der Waals surface area (Å²) in [5.41, 5.74) is 0. The number of rotatable bonds is 5. The third-order valence-corrected chi connectivity index (χ3v) is 1.99. The molecular weight excluding hydrogens is 183 g/mol. The highest BCUT2D eigenvalue weighted by Gasteiger charge is 2.31. The van der Waals surface area contributed by atoms with E-state index < -0.39 is 13.4 Å². The van der Waals surface area contributed by atoms with Crippen molar-refractivity contribution in [3.05, 3.63) is 6.66 Å². The highest BCUT2D eigenvalue weighted by molar-refractivity contribution is 7.54. The lowest BCUT2D eigenvalue weighted by molar-refractivity contribution is -0.153. The van der Waals surface area contributed by atoms with Gasteiger partial charge in [0, 0.05) is 13.0 Å². The molecule has 0 fully saturated rings. The van der Waals surface area contributed by atoms with Crippen LogP contribution in [0.15, 0.2) is 0 Å². The van der Waals surface area contributed by atoms with Crippen molar-refractivity contribution in [3.8, 4) is 0 Å². The molecule has 12 heavy (non-hydrogen) atoms. The molecule has 0 aliphatic carbocycles. The number of hydrogen-bond donors (Lipinski definition) is 3. The fourth-order valence-electron chi connectivity index (χ4n) is 0.727. The minimum Gasteiger partial charge on any atom is -0.396 e. The molecule has 0 aromatic heterocycles. The molecule has 0 aromatic carbocycles. The summed E-state index contributed by atoms with van der Waals surface area (Å²) in [6, 6.07) is 0. The van der Waals surface area contributed by atoms with Gasteiger partial charge in [-0.25, -0.2) is 0 Å². The van der Waals surface area contributed by atoms with Gasteiger partial charge in [-0.2, -0.15) is 0 Å². The standard InChI is InChI=1S/C6H14O5P/c1-3-6(8,4-5-7)11-12(2,9)10/h7-8H,2-5H2,1H3,(H,9,10). The second kappa shape index (κ2) is 4.35. The third-order valence-electron chi connectivity index (χ3n) is 1.37. The van der Waals surface area contributed by atoms with E-state index in [0.29, 0.717) is 0 Å². The summed E-state index contributed by atoms with van der Waals surface area (Å²) in [6.07, 6.45) is 0.0111. The number of aliphatic hydroxyl groups is 2. The van der Waals surface area contributed by atoms with Crippen LogP contribution in [0.25, 0.3) is 0 Å². The first kappa shape index (κ1) is 12.1. The summed E-state index contributed by atoms with van der Waals surface area (Å²) in [4.78, 5) is 8.69. The van der Waals surface area contributed by atoms with Crippen molar-refractivity contribution in [2.45, 2.75) is 25.6 Å². The van der Waals surface area contributed by atoms with Crippen molar-refractivity contribution in [2.24, 2.45) is 0 Å². The first-order valence-electron chi connectivity index (χ1n) is 3.54. The molecule has 0 spiro atoms. The molecule has 0 amide bonds. The fraction of sp³-hybridized carbons (Fsp3) is 0.833. The summed E-state index contributed by atoms with van der Waals surface area (Å²) in [6.45, 7) is 4.09. The lowest BCUT2D eigenvalue weighted by Gasteiger charge is -2.26. The van der Waals surface area contributed by atoms with E-state index in [0.717, 1.165) is 0 Å². The van der Waals surface area contributed by atoms with E-state index in [-0.39, 0.29) is 19.4 Å². The predicted molar refractivity (Wildman–Crippen MR) is 43.2 cm³/mol. The van der Waals surface area contributed by atoms with E-state index in [2.05, 4.69) is 11.2 Å². The van der Waals surface area contributed by atoms with Crippen LogP contribution in [-0.4, -0.2) is 27.5 Å². The van der Waals surface area contributed by atoms with Gasteiger partial charge in [0.25, 0.3) is 0 Å². The molecule has 0 aliphatic heterocycles. The molecular formula is C6H14O5P. The Morgan fingerprint density at radius 3 is 2.42 bits per heavy atom. The maximum absolute atomic E-state index is 10.6. The zero-order chi connectivity index (χ0) is 9.83. The second-order valence-electron chi connectivity index (χ2n) is 2.50. The van der Waals surface area contributed by atoms with Gasteiger partial charge >= 0.3 is 7.60 Å². The van der Waals surface area contributed by atoms with Gasteiger partial charge in [0.1, 0.15) is 0 Å². The van der Waals surface area contributed by atoms with Crippen molar-refractivity contribution in [1.29, 1.82) is 0 Å². The van der Waals surface area contributed by atoms with E-state index in [1.165, 1.54) is 0 Å². The zero-order valence-corrected chi connectivity index (χ0v) is 7.83.